The van der Waals surface area contributed by atoms with Crippen LogP contribution in [0.25, 0.3) is 0 Å². The summed E-state index contributed by atoms with van der Waals surface area (Å²) in [6.45, 7) is 2.16. The summed E-state index contributed by atoms with van der Waals surface area (Å²) in [4.78, 5) is 2.05. The van der Waals surface area contributed by atoms with Crippen molar-refractivity contribution >= 4 is 11.8 Å². The minimum absolute atomic E-state index is 0.204. The van der Waals surface area contributed by atoms with Crippen molar-refractivity contribution in [2.24, 2.45) is 5.92 Å². The van der Waals surface area contributed by atoms with Crippen molar-refractivity contribution in [1.29, 1.82) is 5.26 Å². The molecule has 62 valence electrons. The Bertz CT molecular complexity index is 185. The van der Waals surface area contributed by atoms with E-state index in [4.69, 9.17) is 5.26 Å². The SMILES string of the molecule is CC1CSCC1(C#N)N(C)C. The van der Waals surface area contributed by atoms with E-state index >= 15 is 0 Å². The first-order valence-corrected chi connectivity index (χ1v) is 4.95. The first-order chi connectivity index (χ1) is 5.13. The average Bonchev–Trinajstić information content (AvgIpc) is 2.32. The van der Waals surface area contributed by atoms with Crippen molar-refractivity contribution in [1.82, 2.24) is 4.90 Å². The summed E-state index contributed by atoms with van der Waals surface area (Å²) in [7, 11) is 3.98. The Morgan fingerprint density at radius 1 is 1.64 bits per heavy atom. The molecule has 1 saturated heterocycles. The van der Waals surface area contributed by atoms with Gasteiger partial charge >= 0.3 is 0 Å². The van der Waals surface area contributed by atoms with Gasteiger partial charge in [0.25, 0.3) is 0 Å². The minimum Gasteiger partial charge on any atom is -0.291 e. The van der Waals surface area contributed by atoms with E-state index in [1.54, 1.807) is 0 Å². The Hall–Kier alpha value is -0.200. The highest BCUT2D eigenvalue weighted by molar-refractivity contribution is 7.99. The number of rotatable bonds is 1. The van der Waals surface area contributed by atoms with Crippen molar-refractivity contribution in [2.45, 2.75) is 12.5 Å². The van der Waals surface area contributed by atoms with Gasteiger partial charge in [-0.15, -0.1) is 0 Å². The van der Waals surface area contributed by atoms with Gasteiger partial charge in [-0.25, -0.2) is 0 Å². The van der Waals surface area contributed by atoms with Gasteiger partial charge in [-0.3, -0.25) is 4.90 Å². The molecule has 0 aromatic rings. The summed E-state index contributed by atoms with van der Waals surface area (Å²) in [5.74, 6) is 2.57. The van der Waals surface area contributed by atoms with Crippen LogP contribution in [-0.4, -0.2) is 36.0 Å². The molecule has 1 fully saturated rings. The highest BCUT2D eigenvalue weighted by atomic mass is 32.2. The van der Waals surface area contributed by atoms with E-state index < -0.39 is 0 Å². The van der Waals surface area contributed by atoms with Crippen LogP contribution < -0.4 is 0 Å². The molecule has 1 aliphatic rings. The normalized spacial score (nSPS) is 37.5. The second-order valence-corrected chi connectivity index (χ2v) is 4.38. The number of thioether (sulfide) groups is 1. The minimum atomic E-state index is -0.204. The summed E-state index contributed by atoms with van der Waals surface area (Å²) < 4.78 is 0. The first-order valence-electron chi connectivity index (χ1n) is 3.80. The molecule has 3 heteroatoms. The maximum Gasteiger partial charge on any atom is 0.121 e. The standard InChI is InChI=1S/C8H14N2S/c1-7-4-11-6-8(7,5-9)10(2)3/h7H,4,6H2,1-3H3. The Balaban J connectivity index is 2.84. The third kappa shape index (κ3) is 1.25. The summed E-state index contributed by atoms with van der Waals surface area (Å²) >= 11 is 1.88. The van der Waals surface area contributed by atoms with Crippen molar-refractivity contribution in [3.63, 3.8) is 0 Å². The van der Waals surface area contributed by atoms with Crippen LogP contribution in [0.2, 0.25) is 0 Å². The summed E-state index contributed by atoms with van der Waals surface area (Å²) in [6.07, 6.45) is 0. The highest BCUT2D eigenvalue weighted by Crippen LogP contribution is 2.36. The second-order valence-electron chi connectivity index (χ2n) is 3.35. The Morgan fingerprint density at radius 3 is 2.45 bits per heavy atom. The average molecular weight is 170 g/mol. The molecular weight excluding hydrogens is 156 g/mol. The predicted molar refractivity (Wildman–Crippen MR) is 48.5 cm³/mol. The van der Waals surface area contributed by atoms with Crippen LogP contribution in [0, 0.1) is 17.2 Å². The van der Waals surface area contributed by atoms with Gasteiger partial charge < -0.3 is 0 Å². The molecular formula is C8H14N2S. The third-order valence-electron chi connectivity index (χ3n) is 2.50. The molecule has 0 radical (unpaired) electrons. The fourth-order valence-corrected chi connectivity index (χ4v) is 3.15. The van der Waals surface area contributed by atoms with E-state index in [0.29, 0.717) is 5.92 Å². The van der Waals surface area contributed by atoms with Gasteiger partial charge in [-0.1, -0.05) is 6.92 Å². The molecule has 0 aromatic carbocycles. The molecule has 0 aromatic heterocycles. The Morgan fingerprint density at radius 2 is 2.27 bits per heavy atom. The van der Waals surface area contributed by atoms with Crippen LogP contribution in [0.5, 0.6) is 0 Å². The molecule has 2 nitrogen and oxygen atoms in total. The van der Waals surface area contributed by atoms with Gasteiger partial charge in [-0.05, 0) is 25.8 Å². The van der Waals surface area contributed by atoms with Crippen LogP contribution in [0.3, 0.4) is 0 Å². The number of nitriles is 1. The highest BCUT2D eigenvalue weighted by Gasteiger charge is 2.43. The molecule has 0 amide bonds. The maximum atomic E-state index is 9.05. The van der Waals surface area contributed by atoms with E-state index in [9.17, 15) is 0 Å². The predicted octanol–water partition coefficient (Wildman–Crippen LogP) is 1.19. The maximum absolute atomic E-state index is 9.05. The summed E-state index contributed by atoms with van der Waals surface area (Å²) in [6, 6.07) is 2.43. The van der Waals surface area contributed by atoms with Crippen LogP contribution in [0.15, 0.2) is 0 Å². The van der Waals surface area contributed by atoms with E-state index in [0.717, 1.165) is 11.5 Å². The lowest BCUT2D eigenvalue weighted by Crippen LogP contribution is -2.47. The monoisotopic (exact) mass is 170 g/mol. The molecule has 2 unspecified atom stereocenters. The van der Waals surface area contributed by atoms with Gasteiger partial charge in [0.2, 0.25) is 0 Å². The van der Waals surface area contributed by atoms with Crippen LogP contribution in [-0.2, 0) is 0 Å². The Labute approximate surface area is 72.6 Å². The number of hydrogen-bond donors (Lipinski definition) is 0. The van der Waals surface area contributed by atoms with Gasteiger partial charge in [0.05, 0.1) is 6.07 Å². The van der Waals surface area contributed by atoms with Crippen molar-refractivity contribution < 1.29 is 0 Å². The van der Waals surface area contributed by atoms with Crippen LogP contribution >= 0.6 is 11.8 Å². The number of hydrogen-bond acceptors (Lipinski definition) is 3. The Kier molecular flexibility index (Phi) is 2.46. The molecule has 11 heavy (non-hydrogen) atoms. The van der Waals surface area contributed by atoms with Gasteiger partial charge in [0.15, 0.2) is 0 Å². The third-order valence-corrected chi connectivity index (χ3v) is 3.88. The largest absolute Gasteiger partial charge is 0.291 e. The molecule has 0 spiro atoms. The van der Waals surface area contributed by atoms with Gasteiger partial charge in [-0.2, -0.15) is 17.0 Å². The lowest BCUT2D eigenvalue weighted by molar-refractivity contribution is 0.193. The van der Waals surface area contributed by atoms with Crippen LogP contribution in [0.4, 0.5) is 0 Å². The lowest BCUT2D eigenvalue weighted by atomic mass is 9.89. The summed E-state index contributed by atoms with van der Waals surface area (Å²) in [5.41, 5.74) is -0.204. The molecule has 1 rings (SSSR count). The van der Waals surface area contributed by atoms with E-state index in [1.807, 2.05) is 25.9 Å². The van der Waals surface area contributed by atoms with Gasteiger partial charge in [0.1, 0.15) is 5.54 Å². The lowest BCUT2D eigenvalue weighted by Gasteiger charge is -2.32. The molecule has 0 aliphatic carbocycles. The zero-order valence-corrected chi connectivity index (χ0v) is 8.11. The molecule has 2 atom stereocenters. The zero-order valence-electron chi connectivity index (χ0n) is 7.29. The fourth-order valence-electron chi connectivity index (χ4n) is 1.48. The fraction of sp³-hybridized carbons (Fsp3) is 0.875. The second kappa shape index (κ2) is 3.04. The van der Waals surface area contributed by atoms with Gasteiger partial charge in [0, 0.05) is 5.75 Å². The summed E-state index contributed by atoms with van der Waals surface area (Å²) in [5, 5.41) is 9.05. The van der Waals surface area contributed by atoms with Crippen LogP contribution in [0.1, 0.15) is 6.92 Å². The van der Waals surface area contributed by atoms with Crippen molar-refractivity contribution in [2.75, 3.05) is 25.6 Å². The van der Waals surface area contributed by atoms with E-state index in [-0.39, 0.29) is 5.54 Å². The molecule has 0 N–H and O–H groups in total. The van der Waals surface area contributed by atoms with Crippen molar-refractivity contribution in [3.05, 3.63) is 0 Å². The van der Waals surface area contributed by atoms with E-state index in [1.165, 1.54) is 0 Å². The topological polar surface area (TPSA) is 27.0 Å². The quantitative estimate of drug-likeness (QED) is 0.591. The first kappa shape index (κ1) is 8.89. The molecule has 0 saturated carbocycles. The van der Waals surface area contributed by atoms with Crippen molar-refractivity contribution in [3.8, 4) is 6.07 Å². The molecule has 0 bridgehead atoms. The van der Waals surface area contributed by atoms with E-state index in [2.05, 4.69) is 17.9 Å². The smallest absolute Gasteiger partial charge is 0.121 e. The number of nitrogens with zero attached hydrogens (tertiary/aromatic N) is 2. The molecule has 1 aliphatic heterocycles. The zero-order chi connectivity index (χ0) is 8.48. The molecule has 1 heterocycles.